The van der Waals surface area contributed by atoms with Crippen LogP contribution in [0, 0.1) is 0 Å². The lowest BCUT2D eigenvalue weighted by atomic mass is 10.0. The minimum absolute atomic E-state index is 0.0729. The molecule has 1 aliphatic heterocycles. The number of alkyl halides is 3. The van der Waals surface area contributed by atoms with Crippen LogP contribution in [-0.2, 0) is 4.79 Å². The van der Waals surface area contributed by atoms with Crippen LogP contribution in [0.2, 0.25) is 0 Å². The van der Waals surface area contributed by atoms with Gasteiger partial charge in [-0.25, -0.2) is 0 Å². The van der Waals surface area contributed by atoms with Gasteiger partial charge in [0.2, 0.25) is 0 Å². The van der Waals surface area contributed by atoms with Crippen LogP contribution in [0.3, 0.4) is 0 Å². The Balaban J connectivity index is 2.36. The van der Waals surface area contributed by atoms with Crippen LogP contribution in [0.5, 0.6) is 0 Å². The number of carbonyl (C=O) groups is 1. The lowest BCUT2D eigenvalue weighted by Crippen LogP contribution is -2.64. The van der Waals surface area contributed by atoms with E-state index in [9.17, 15) is 18.0 Å². The molecule has 0 aromatic carbocycles. The molecule has 6 heteroatoms. The van der Waals surface area contributed by atoms with Gasteiger partial charge in [0.1, 0.15) is 0 Å². The highest BCUT2D eigenvalue weighted by Gasteiger charge is 2.41. The zero-order chi connectivity index (χ0) is 9.35. The Labute approximate surface area is 67.3 Å². The summed E-state index contributed by atoms with van der Waals surface area (Å²) in [5, 5.41) is 4.71. The Hall–Kier alpha value is -0.780. The average Bonchev–Trinajstić information content (AvgIpc) is 1.95. The summed E-state index contributed by atoms with van der Waals surface area (Å²) < 4.78 is 35.0. The van der Waals surface area contributed by atoms with Gasteiger partial charge in [0.05, 0.1) is 6.04 Å². The van der Waals surface area contributed by atoms with E-state index in [2.05, 4.69) is 5.32 Å². The fourth-order valence-electron chi connectivity index (χ4n) is 0.898. The van der Waals surface area contributed by atoms with E-state index in [0.717, 1.165) is 0 Å². The summed E-state index contributed by atoms with van der Waals surface area (Å²) in [6.45, 7) is 2.12. The fraction of sp³-hybridized carbons (Fsp3) is 0.833. The smallest absolute Gasteiger partial charge is 0.343 e. The van der Waals surface area contributed by atoms with Crippen LogP contribution < -0.4 is 10.6 Å². The normalized spacial score (nSPS) is 29.3. The highest BCUT2D eigenvalue weighted by molar-refractivity contribution is 5.82. The van der Waals surface area contributed by atoms with E-state index in [0.29, 0.717) is 6.54 Å². The Morgan fingerprint density at radius 2 is 2.17 bits per heavy atom. The molecule has 3 nitrogen and oxygen atoms in total. The van der Waals surface area contributed by atoms with Gasteiger partial charge in [-0.2, -0.15) is 13.2 Å². The molecule has 1 aliphatic rings. The SMILES string of the molecule is C[C@@H]1NCC1NC(=O)C(F)(F)F. The topological polar surface area (TPSA) is 41.1 Å². The maximum Gasteiger partial charge on any atom is 0.471 e. The van der Waals surface area contributed by atoms with Gasteiger partial charge in [-0.15, -0.1) is 0 Å². The quantitative estimate of drug-likeness (QED) is 0.600. The summed E-state index contributed by atoms with van der Waals surface area (Å²) in [7, 11) is 0. The molecule has 0 aliphatic carbocycles. The first kappa shape index (κ1) is 9.31. The lowest BCUT2D eigenvalue weighted by molar-refractivity contribution is -0.175. The van der Waals surface area contributed by atoms with Crippen molar-refractivity contribution in [3.8, 4) is 0 Å². The number of amides is 1. The van der Waals surface area contributed by atoms with E-state index >= 15 is 0 Å². The second kappa shape index (κ2) is 2.93. The molecule has 1 fully saturated rings. The molecule has 0 saturated carbocycles. The van der Waals surface area contributed by atoms with Crippen LogP contribution in [0.1, 0.15) is 6.92 Å². The summed E-state index contributed by atoms with van der Waals surface area (Å²) in [5.74, 6) is -1.86. The van der Waals surface area contributed by atoms with Crippen molar-refractivity contribution in [1.82, 2.24) is 10.6 Å². The average molecular weight is 182 g/mol. The van der Waals surface area contributed by atoms with Crippen molar-refractivity contribution in [3.63, 3.8) is 0 Å². The number of nitrogens with one attached hydrogen (secondary N) is 2. The first-order chi connectivity index (χ1) is 5.41. The molecule has 1 heterocycles. The van der Waals surface area contributed by atoms with Crippen LogP contribution >= 0.6 is 0 Å². The monoisotopic (exact) mass is 182 g/mol. The van der Waals surface area contributed by atoms with E-state index in [-0.39, 0.29) is 12.1 Å². The maximum absolute atomic E-state index is 11.7. The summed E-state index contributed by atoms with van der Waals surface area (Å²) in [6, 6.07) is -0.463. The number of halogens is 3. The molecule has 1 saturated heterocycles. The predicted octanol–water partition coefficient (Wildman–Crippen LogP) is 0.0252. The molecule has 70 valence electrons. The van der Waals surface area contributed by atoms with Gasteiger partial charge in [0, 0.05) is 12.6 Å². The number of hydrogen-bond acceptors (Lipinski definition) is 2. The summed E-state index contributed by atoms with van der Waals surface area (Å²) in [5.41, 5.74) is 0. The van der Waals surface area contributed by atoms with Crippen LogP contribution in [0.15, 0.2) is 0 Å². The van der Waals surface area contributed by atoms with Gasteiger partial charge >= 0.3 is 12.1 Å². The molecule has 0 radical (unpaired) electrons. The van der Waals surface area contributed by atoms with Crippen molar-refractivity contribution < 1.29 is 18.0 Å². The van der Waals surface area contributed by atoms with Crippen LogP contribution in [0.4, 0.5) is 13.2 Å². The first-order valence-electron chi connectivity index (χ1n) is 3.52. The van der Waals surface area contributed by atoms with E-state index in [1.54, 1.807) is 6.92 Å². The predicted molar refractivity (Wildman–Crippen MR) is 35.5 cm³/mol. The highest BCUT2D eigenvalue weighted by atomic mass is 19.4. The number of hydrogen-bond donors (Lipinski definition) is 2. The standard InChI is InChI=1S/C6H9F3N2O/c1-3-4(2-10-3)11-5(12)6(7,8)9/h3-4,10H,2H2,1H3,(H,11,12)/t3-,4?/m0/s1. The van der Waals surface area contributed by atoms with Crippen molar-refractivity contribution in [1.29, 1.82) is 0 Å². The molecular weight excluding hydrogens is 173 g/mol. The molecule has 1 unspecified atom stereocenters. The largest absolute Gasteiger partial charge is 0.471 e. The molecule has 0 aromatic rings. The number of rotatable bonds is 1. The Morgan fingerprint density at radius 3 is 2.42 bits per heavy atom. The molecule has 0 bridgehead atoms. The van der Waals surface area contributed by atoms with Crippen LogP contribution in [0.25, 0.3) is 0 Å². The van der Waals surface area contributed by atoms with Gasteiger partial charge in [-0.1, -0.05) is 0 Å². The summed E-state index contributed by atoms with van der Waals surface area (Å²) in [4.78, 5) is 10.3. The molecular formula is C6H9F3N2O. The van der Waals surface area contributed by atoms with Gasteiger partial charge in [0.25, 0.3) is 0 Å². The van der Waals surface area contributed by atoms with Crippen molar-refractivity contribution in [2.24, 2.45) is 0 Å². The zero-order valence-corrected chi connectivity index (χ0v) is 6.40. The van der Waals surface area contributed by atoms with Crippen molar-refractivity contribution >= 4 is 5.91 Å². The van der Waals surface area contributed by atoms with E-state index < -0.39 is 12.1 Å². The third-order valence-corrected chi connectivity index (χ3v) is 1.84. The minimum atomic E-state index is -4.77. The molecule has 1 rings (SSSR count). The van der Waals surface area contributed by atoms with Crippen LogP contribution in [-0.4, -0.2) is 30.7 Å². The van der Waals surface area contributed by atoms with Crippen molar-refractivity contribution in [3.05, 3.63) is 0 Å². The molecule has 2 N–H and O–H groups in total. The third-order valence-electron chi connectivity index (χ3n) is 1.84. The van der Waals surface area contributed by atoms with Crippen molar-refractivity contribution in [2.75, 3.05) is 6.54 Å². The fourth-order valence-corrected chi connectivity index (χ4v) is 0.898. The van der Waals surface area contributed by atoms with E-state index in [1.165, 1.54) is 0 Å². The Kier molecular flexibility index (Phi) is 2.27. The second-order valence-corrected chi connectivity index (χ2v) is 2.77. The Bertz CT molecular complexity index is 192. The van der Waals surface area contributed by atoms with E-state index in [4.69, 9.17) is 0 Å². The van der Waals surface area contributed by atoms with E-state index in [1.807, 2.05) is 5.32 Å². The van der Waals surface area contributed by atoms with Gasteiger partial charge < -0.3 is 10.6 Å². The Morgan fingerprint density at radius 1 is 1.58 bits per heavy atom. The molecule has 1 amide bonds. The second-order valence-electron chi connectivity index (χ2n) is 2.77. The third kappa shape index (κ3) is 1.88. The molecule has 0 aromatic heterocycles. The molecule has 0 spiro atoms. The molecule has 2 atom stereocenters. The maximum atomic E-state index is 11.7. The summed E-state index contributed by atoms with van der Waals surface area (Å²) in [6.07, 6.45) is -4.77. The molecule has 12 heavy (non-hydrogen) atoms. The van der Waals surface area contributed by atoms with Gasteiger partial charge in [-0.3, -0.25) is 4.79 Å². The minimum Gasteiger partial charge on any atom is -0.343 e. The van der Waals surface area contributed by atoms with Gasteiger partial charge in [0.15, 0.2) is 0 Å². The van der Waals surface area contributed by atoms with Crippen molar-refractivity contribution in [2.45, 2.75) is 25.2 Å². The highest BCUT2D eigenvalue weighted by Crippen LogP contribution is 2.15. The first-order valence-corrected chi connectivity index (χ1v) is 3.52. The van der Waals surface area contributed by atoms with Gasteiger partial charge in [-0.05, 0) is 6.92 Å². The number of carbonyl (C=O) groups excluding carboxylic acids is 1. The zero-order valence-electron chi connectivity index (χ0n) is 6.40. The summed E-state index contributed by atoms with van der Waals surface area (Å²) >= 11 is 0. The lowest BCUT2D eigenvalue weighted by Gasteiger charge is -2.35.